The Hall–Kier alpha value is -1.43. The summed E-state index contributed by atoms with van der Waals surface area (Å²) < 4.78 is 4.80. The van der Waals surface area contributed by atoms with Gasteiger partial charge in [0.05, 0.1) is 6.61 Å². The minimum Gasteiger partial charge on any atom is -0.383 e. The van der Waals surface area contributed by atoms with Crippen molar-refractivity contribution in [1.82, 2.24) is 5.32 Å². The molecule has 0 aliphatic heterocycles. The highest BCUT2D eigenvalue weighted by molar-refractivity contribution is 5.81. The molecule has 4 N–H and O–H groups in total. The molecule has 1 amide bonds. The lowest BCUT2D eigenvalue weighted by molar-refractivity contribution is -0.130. The Morgan fingerprint density at radius 2 is 2.11 bits per heavy atom. The number of aliphatic hydroxyl groups is 1. The number of methoxy groups -OCH3 is 1. The van der Waals surface area contributed by atoms with E-state index in [-0.39, 0.29) is 0 Å². The summed E-state index contributed by atoms with van der Waals surface area (Å²) in [5, 5.41) is 12.3. The number of hydrogen-bond acceptors (Lipinski definition) is 4. The maximum Gasteiger partial charge on any atom is 0.250 e. The molecule has 100 valence electrons. The first-order chi connectivity index (χ1) is 8.65. The number of benzene rings is 1. The van der Waals surface area contributed by atoms with Gasteiger partial charge < -0.3 is 20.9 Å². The molecule has 0 aliphatic carbocycles. The Bertz CT molecular complexity index is 357. The number of carbonyl (C=O) groups is 1. The van der Waals surface area contributed by atoms with Crippen LogP contribution in [0.1, 0.15) is 5.56 Å². The fourth-order valence-electron chi connectivity index (χ4n) is 1.57. The number of carbonyl (C=O) groups excluding carboxylic acids is 1. The molecule has 0 spiro atoms. The molecule has 0 saturated carbocycles. The van der Waals surface area contributed by atoms with Gasteiger partial charge in [0.2, 0.25) is 0 Å². The van der Waals surface area contributed by atoms with Crippen LogP contribution in [-0.4, -0.2) is 43.4 Å². The van der Waals surface area contributed by atoms with Crippen LogP contribution >= 0.6 is 0 Å². The predicted octanol–water partition coefficient (Wildman–Crippen LogP) is -0.320. The second-order valence-electron chi connectivity index (χ2n) is 4.08. The van der Waals surface area contributed by atoms with Crippen LogP contribution in [0.25, 0.3) is 0 Å². The smallest absolute Gasteiger partial charge is 0.250 e. The van der Waals surface area contributed by atoms with Crippen molar-refractivity contribution in [2.75, 3.05) is 20.3 Å². The molecule has 2 atom stereocenters. The van der Waals surface area contributed by atoms with E-state index in [9.17, 15) is 9.90 Å². The lowest BCUT2D eigenvalue weighted by Gasteiger charge is -2.18. The number of amides is 1. The van der Waals surface area contributed by atoms with E-state index >= 15 is 0 Å². The third kappa shape index (κ3) is 4.83. The van der Waals surface area contributed by atoms with Crippen molar-refractivity contribution in [3.05, 3.63) is 35.9 Å². The summed E-state index contributed by atoms with van der Waals surface area (Å²) in [6.45, 7) is 0.775. The van der Waals surface area contributed by atoms with E-state index in [0.29, 0.717) is 19.6 Å². The van der Waals surface area contributed by atoms with Gasteiger partial charge in [0.15, 0.2) is 0 Å². The summed E-state index contributed by atoms with van der Waals surface area (Å²) in [5.41, 5.74) is 6.81. The normalized spacial score (nSPS) is 13.9. The van der Waals surface area contributed by atoms with E-state index in [0.717, 1.165) is 5.56 Å². The first kappa shape index (κ1) is 14.6. The van der Waals surface area contributed by atoms with Crippen molar-refractivity contribution in [1.29, 1.82) is 0 Å². The van der Waals surface area contributed by atoms with Gasteiger partial charge in [0.25, 0.3) is 5.91 Å². The summed E-state index contributed by atoms with van der Waals surface area (Å²) in [6.07, 6.45) is -0.748. The molecular weight excluding hydrogens is 232 g/mol. The quantitative estimate of drug-likeness (QED) is 0.581. The fraction of sp³-hybridized carbons (Fsp3) is 0.462. The Balaban J connectivity index is 2.40. The maximum absolute atomic E-state index is 11.6. The third-order valence-electron chi connectivity index (χ3n) is 2.59. The van der Waals surface area contributed by atoms with Gasteiger partial charge in [-0.3, -0.25) is 4.79 Å². The summed E-state index contributed by atoms with van der Waals surface area (Å²) in [5.74, 6) is -0.463. The molecule has 1 rings (SSSR count). The van der Waals surface area contributed by atoms with Gasteiger partial charge in [-0.25, -0.2) is 0 Å². The minimum absolute atomic E-state index is 0.366. The van der Waals surface area contributed by atoms with Crippen LogP contribution < -0.4 is 11.1 Å². The second-order valence-corrected chi connectivity index (χ2v) is 4.08. The number of nitrogens with two attached hydrogens (primary N) is 1. The Morgan fingerprint density at radius 3 is 2.72 bits per heavy atom. The Labute approximate surface area is 107 Å². The van der Waals surface area contributed by atoms with E-state index in [1.54, 1.807) is 7.11 Å². The fourth-order valence-corrected chi connectivity index (χ4v) is 1.57. The molecular formula is C13H20N2O3. The van der Waals surface area contributed by atoms with Crippen molar-refractivity contribution in [2.45, 2.75) is 18.6 Å². The molecule has 0 bridgehead atoms. The molecule has 0 radical (unpaired) electrons. The van der Waals surface area contributed by atoms with E-state index in [1.165, 1.54) is 0 Å². The van der Waals surface area contributed by atoms with Gasteiger partial charge in [-0.15, -0.1) is 0 Å². The molecule has 5 heteroatoms. The predicted molar refractivity (Wildman–Crippen MR) is 69.0 cm³/mol. The molecule has 18 heavy (non-hydrogen) atoms. The van der Waals surface area contributed by atoms with Crippen LogP contribution in [0.5, 0.6) is 0 Å². The number of hydrogen-bond donors (Lipinski definition) is 3. The van der Waals surface area contributed by atoms with Gasteiger partial charge in [-0.05, 0) is 12.0 Å². The van der Waals surface area contributed by atoms with Crippen LogP contribution in [0.15, 0.2) is 30.3 Å². The van der Waals surface area contributed by atoms with E-state index in [2.05, 4.69) is 5.32 Å². The zero-order valence-electron chi connectivity index (χ0n) is 10.5. The highest BCUT2D eigenvalue weighted by atomic mass is 16.5. The van der Waals surface area contributed by atoms with Gasteiger partial charge in [0.1, 0.15) is 6.10 Å². The molecule has 1 aromatic carbocycles. The van der Waals surface area contributed by atoms with E-state index in [1.807, 2.05) is 30.3 Å². The molecule has 0 saturated heterocycles. The van der Waals surface area contributed by atoms with Crippen molar-refractivity contribution in [3.8, 4) is 0 Å². The topological polar surface area (TPSA) is 84.6 Å². The van der Waals surface area contributed by atoms with Gasteiger partial charge in [0, 0.05) is 19.7 Å². The zero-order valence-corrected chi connectivity index (χ0v) is 10.5. The number of nitrogens with one attached hydrogen (secondary N) is 1. The summed E-state index contributed by atoms with van der Waals surface area (Å²) in [7, 11) is 1.55. The Morgan fingerprint density at radius 1 is 1.44 bits per heavy atom. The SMILES string of the molecule is COCCNC(=O)C(O)C(N)Cc1ccccc1. The molecule has 5 nitrogen and oxygen atoms in total. The summed E-state index contributed by atoms with van der Waals surface area (Å²) >= 11 is 0. The molecule has 0 aliphatic rings. The number of ether oxygens (including phenoxy) is 1. The van der Waals surface area contributed by atoms with E-state index in [4.69, 9.17) is 10.5 Å². The summed E-state index contributed by atoms with van der Waals surface area (Å²) in [4.78, 5) is 11.6. The average molecular weight is 252 g/mol. The van der Waals surface area contributed by atoms with Crippen LogP contribution in [0, 0.1) is 0 Å². The van der Waals surface area contributed by atoms with Crippen LogP contribution in [0.4, 0.5) is 0 Å². The monoisotopic (exact) mass is 252 g/mol. The van der Waals surface area contributed by atoms with Gasteiger partial charge in [-0.1, -0.05) is 30.3 Å². The van der Waals surface area contributed by atoms with Crippen molar-refractivity contribution >= 4 is 5.91 Å². The first-order valence-corrected chi connectivity index (χ1v) is 5.89. The number of rotatable bonds is 7. The molecule has 2 unspecified atom stereocenters. The standard InChI is InChI=1S/C13H20N2O3/c1-18-8-7-15-13(17)12(16)11(14)9-10-5-3-2-4-6-10/h2-6,11-12,16H,7-9,14H2,1H3,(H,15,17). The highest BCUT2D eigenvalue weighted by Gasteiger charge is 2.22. The van der Waals surface area contributed by atoms with Gasteiger partial charge >= 0.3 is 0 Å². The number of aliphatic hydroxyl groups excluding tert-OH is 1. The largest absolute Gasteiger partial charge is 0.383 e. The van der Waals surface area contributed by atoms with Crippen LogP contribution in [0.3, 0.4) is 0 Å². The van der Waals surface area contributed by atoms with Crippen molar-refractivity contribution in [3.63, 3.8) is 0 Å². The third-order valence-corrected chi connectivity index (χ3v) is 2.59. The van der Waals surface area contributed by atoms with Gasteiger partial charge in [-0.2, -0.15) is 0 Å². The van der Waals surface area contributed by atoms with E-state index < -0.39 is 18.1 Å². The van der Waals surface area contributed by atoms with Crippen molar-refractivity contribution in [2.24, 2.45) is 5.73 Å². The molecule has 0 heterocycles. The minimum atomic E-state index is -1.21. The van der Waals surface area contributed by atoms with Crippen LogP contribution in [0.2, 0.25) is 0 Å². The second kappa shape index (κ2) is 7.81. The highest BCUT2D eigenvalue weighted by Crippen LogP contribution is 2.04. The maximum atomic E-state index is 11.6. The molecule has 0 aromatic heterocycles. The average Bonchev–Trinajstić information content (AvgIpc) is 2.39. The summed E-state index contributed by atoms with van der Waals surface area (Å²) in [6, 6.07) is 8.91. The molecule has 1 aromatic rings. The zero-order chi connectivity index (χ0) is 13.4. The molecule has 0 fully saturated rings. The Kier molecular flexibility index (Phi) is 6.35. The lowest BCUT2D eigenvalue weighted by atomic mass is 10.0. The first-order valence-electron chi connectivity index (χ1n) is 5.89. The van der Waals surface area contributed by atoms with Crippen molar-refractivity contribution < 1.29 is 14.6 Å². The lowest BCUT2D eigenvalue weighted by Crippen LogP contribution is -2.48. The van der Waals surface area contributed by atoms with Crippen LogP contribution in [-0.2, 0) is 16.0 Å².